The summed E-state index contributed by atoms with van der Waals surface area (Å²) >= 11 is 0. The van der Waals surface area contributed by atoms with Gasteiger partial charge in [0.15, 0.2) is 0 Å². The van der Waals surface area contributed by atoms with Crippen molar-refractivity contribution in [2.75, 3.05) is 6.54 Å². The van der Waals surface area contributed by atoms with Crippen LogP contribution in [0, 0.1) is 11.7 Å². The van der Waals surface area contributed by atoms with Crippen molar-refractivity contribution in [1.82, 2.24) is 5.32 Å². The van der Waals surface area contributed by atoms with Crippen LogP contribution in [0.4, 0.5) is 4.39 Å². The number of carbonyl (C=O) groups excluding carboxylic acids is 1. The van der Waals surface area contributed by atoms with Crippen molar-refractivity contribution in [2.45, 2.75) is 26.3 Å². The molecule has 0 heterocycles. The summed E-state index contributed by atoms with van der Waals surface area (Å²) in [4.78, 5) is 11.8. The van der Waals surface area contributed by atoms with Gasteiger partial charge >= 0.3 is 0 Å². The zero-order valence-corrected chi connectivity index (χ0v) is 10.2. The van der Waals surface area contributed by atoms with Crippen LogP contribution in [0.1, 0.15) is 31.9 Å². The van der Waals surface area contributed by atoms with E-state index in [-0.39, 0.29) is 23.7 Å². The highest BCUT2D eigenvalue weighted by atomic mass is 19.1. The molecular formula is C13H19FN2O. The van der Waals surface area contributed by atoms with Gasteiger partial charge in [0.05, 0.1) is 6.04 Å². The van der Waals surface area contributed by atoms with Crippen molar-refractivity contribution in [3.63, 3.8) is 0 Å². The normalized spacial score (nSPS) is 14.1. The fraction of sp³-hybridized carbons (Fsp3) is 0.462. The lowest BCUT2D eigenvalue weighted by Crippen LogP contribution is -2.36. The summed E-state index contributed by atoms with van der Waals surface area (Å²) in [7, 11) is 0. The number of benzene rings is 1. The monoisotopic (exact) mass is 238 g/mol. The van der Waals surface area contributed by atoms with E-state index in [1.54, 1.807) is 12.1 Å². The lowest BCUT2D eigenvalue weighted by molar-refractivity contribution is -0.125. The highest BCUT2D eigenvalue weighted by molar-refractivity contribution is 5.79. The molecule has 4 heteroatoms. The molecule has 1 aromatic rings. The standard InChI is InChI=1S/C13H19FN2O/c1-3-10(8-15)13(17)16-9(2)11-4-6-12(14)7-5-11/h4-7,9-10H,3,8,15H2,1-2H3,(H,16,17)/t9-,10?/m0/s1. The van der Waals surface area contributed by atoms with Crippen LogP contribution in [0.25, 0.3) is 0 Å². The molecule has 0 saturated carbocycles. The Morgan fingerprint density at radius 3 is 2.47 bits per heavy atom. The maximum absolute atomic E-state index is 12.7. The number of halogens is 1. The summed E-state index contributed by atoms with van der Waals surface area (Å²) in [5, 5.41) is 2.88. The fourth-order valence-corrected chi connectivity index (χ4v) is 1.63. The first-order chi connectivity index (χ1) is 8.08. The van der Waals surface area contributed by atoms with E-state index in [1.807, 2.05) is 13.8 Å². The summed E-state index contributed by atoms with van der Waals surface area (Å²) in [6.45, 7) is 4.15. The predicted molar refractivity (Wildman–Crippen MR) is 65.8 cm³/mol. The van der Waals surface area contributed by atoms with Crippen molar-refractivity contribution in [3.8, 4) is 0 Å². The molecular weight excluding hydrogens is 219 g/mol. The second-order valence-electron chi connectivity index (χ2n) is 4.12. The van der Waals surface area contributed by atoms with E-state index in [4.69, 9.17) is 5.73 Å². The lowest BCUT2D eigenvalue weighted by Gasteiger charge is -2.18. The van der Waals surface area contributed by atoms with Gasteiger partial charge in [-0.2, -0.15) is 0 Å². The number of hydrogen-bond acceptors (Lipinski definition) is 2. The largest absolute Gasteiger partial charge is 0.349 e. The maximum atomic E-state index is 12.7. The fourth-order valence-electron chi connectivity index (χ4n) is 1.63. The van der Waals surface area contributed by atoms with Gasteiger partial charge in [-0.25, -0.2) is 4.39 Å². The molecule has 0 aliphatic carbocycles. The van der Waals surface area contributed by atoms with Gasteiger partial charge in [-0.3, -0.25) is 4.79 Å². The molecule has 3 N–H and O–H groups in total. The van der Waals surface area contributed by atoms with Crippen LogP contribution < -0.4 is 11.1 Å². The van der Waals surface area contributed by atoms with E-state index in [0.717, 1.165) is 12.0 Å². The average Bonchev–Trinajstić information content (AvgIpc) is 2.31. The van der Waals surface area contributed by atoms with Crippen LogP contribution in [0.5, 0.6) is 0 Å². The van der Waals surface area contributed by atoms with Gasteiger partial charge in [0.1, 0.15) is 5.82 Å². The van der Waals surface area contributed by atoms with Crippen LogP contribution in [0.3, 0.4) is 0 Å². The summed E-state index contributed by atoms with van der Waals surface area (Å²) < 4.78 is 12.7. The van der Waals surface area contributed by atoms with E-state index in [1.165, 1.54) is 12.1 Å². The maximum Gasteiger partial charge on any atom is 0.224 e. The molecule has 1 aromatic carbocycles. The molecule has 0 bridgehead atoms. The number of nitrogens with one attached hydrogen (secondary N) is 1. The minimum Gasteiger partial charge on any atom is -0.349 e. The molecule has 0 radical (unpaired) electrons. The molecule has 94 valence electrons. The minimum atomic E-state index is -0.277. The molecule has 2 atom stereocenters. The Morgan fingerprint density at radius 1 is 1.41 bits per heavy atom. The van der Waals surface area contributed by atoms with Crippen LogP contribution >= 0.6 is 0 Å². The van der Waals surface area contributed by atoms with Crippen molar-refractivity contribution >= 4 is 5.91 Å². The van der Waals surface area contributed by atoms with Crippen molar-refractivity contribution in [1.29, 1.82) is 0 Å². The van der Waals surface area contributed by atoms with Crippen molar-refractivity contribution in [3.05, 3.63) is 35.6 Å². The summed E-state index contributed by atoms with van der Waals surface area (Å²) in [6.07, 6.45) is 0.721. The summed E-state index contributed by atoms with van der Waals surface area (Å²) in [6, 6.07) is 5.98. The van der Waals surface area contributed by atoms with E-state index in [0.29, 0.717) is 6.54 Å². The van der Waals surface area contributed by atoms with Gasteiger partial charge in [-0.1, -0.05) is 19.1 Å². The van der Waals surface area contributed by atoms with Gasteiger partial charge in [0.25, 0.3) is 0 Å². The third-order valence-corrected chi connectivity index (χ3v) is 2.88. The Balaban J connectivity index is 2.62. The molecule has 1 rings (SSSR count). The van der Waals surface area contributed by atoms with Crippen LogP contribution in [-0.2, 0) is 4.79 Å². The van der Waals surface area contributed by atoms with Gasteiger partial charge in [-0.15, -0.1) is 0 Å². The highest BCUT2D eigenvalue weighted by Gasteiger charge is 2.17. The van der Waals surface area contributed by atoms with Crippen LogP contribution in [-0.4, -0.2) is 12.5 Å². The highest BCUT2D eigenvalue weighted by Crippen LogP contribution is 2.14. The van der Waals surface area contributed by atoms with E-state index in [2.05, 4.69) is 5.32 Å². The number of carbonyl (C=O) groups is 1. The Labute approximate surface area is 101 Å². The first-order valence-corrected chi connectivity index (χ1v) is 5.84. The Kier molecular flexibility index (Phi) is 5.10. The molecule has 17 heavy (non-hydrogen) atoms. The van der Waals surface area contributed by atoms with E-state index < -0.39 is 0 Å². The molecule has 0 spiro atoms. The quantitative estimate of drug-likeness (QED) is 0.824. The minimum absolute atomic E-state index is 0.0492. The summed E-state index contributed by atoms with van der Waals surface area (Å²) in [5.41, 5.74) is 6.39. The number of hydrogen-bond donors (Lipinski definition) is 2. The second-order valence-corrected chi connectivity index (χ2v) is 4.12. The third kappa shape index (κ3) is 3.82. The molecule has 0 aromatic heterocycles. The lowest BCUT2D eigenvalue weighted by atomic mass is 10.0. The van der Waals surface area contributed by atoms with Crippen molar-refractivity contribution in [2.24, 2.45) is 11.7 Å². The van der Waals surface area contributed by atoms with Gasteiger partial charge in [-0.05, 0) is 31.0 Å². The topological polar surface area (TPSA) is 55.1 Å². The first-order valence-electron chi connectivity index (χ1n) is 5.84. The molecule has 0 fully saturated rings. The zero-order valence-electron chi connectivity index (χ0n) is 10.2. The average molecular weight is 238 g/mol. The number of rotatable bonds is 5. The van der Waals surface area contributed by atoms with Gasteiger partial charge in [0.2, 0.25) is 5.91 Å². The van der Waals surface area contributed by atoms with Crippen LogP contribution in [0.2, 0.25) is 0 Å². The van der Waals surface area contributed by atoms with E-state index in [9.17, 15) is 9.18 Å². The predicted octanol–water partition coefficient (Wildman–Crippen LogP) is 1.99. The Bertz CT molecular complexity index is 360. The Morgan fingerprint density at radius 2 is 2.00 bits per heavy atom. The second kappa shape index (κ2) is 6.35. The molecule has 1 amide bonds. The molecule has 0 saturated heterocycles. The van der Waals surface area contributed by atoms with Crippen LogP contribution in [0.15, 0.2) is 24.3 Å². The zero-order chi connectivity index (χ0) is 12.8. The molecule has 1 unspecified atom stereocenters. The first kappa shape index (κ1) is 13.6. The smallest absolute Gasteiger partial charge is 0.224 e. The van der Waals surface area contributed by atoms with Gasteiger partial charge in [0, 0.05) is 12.5 Å². The third-order valence-electron chi connectivity index (χ3n) is 2.88. The number of amides is 1. The molecule has 0 aliphatic rings. The molecule has 0 aliphatic heterocycles. The number of nitrogens with two attached hydrogens (primary N) is 1. The van der Waals surface area contributed by atoms with Gasteiger partial charge < -0.3 is 11.1 Å². The summed E-state index contributed by atoms with van der Waals surface area (Å²) in [5.74, 6) is -0.481. The molecule has 3 nitrogen and oxygen atoms in total. The van der Waals surface area contributed by atoms with Crippen molar-refractivity contribution < 1.29 is 9.18 Å². The van der Waals surface area contributed by atoms with E-state index >= 15 is 0 Å². The Hall–Kier alpha value is -1.42. The SMILES string of the molecule is CCC(CN)C(=O)N[C@@H](C)c1ccc(F)cc1.